The Morgan fingerprint density at radius 2 is 2.00 bits per heavy atom. The minimum absolute atomic E-state index is 0.0118. The molecule has 0 spiro atoms. The van der Waals surface area contributed by atoms with Crippen molar-refractivity contribution < 1.29 is 13.9 Å². The molecule has 7 heteroatoms. The standard InChI is InChI=1S/C29H38F2N4O/c1-4-6-7-21(5-2)24-15-23-10-13-35(27(23)16-25(24)28(30)31)29(32)26-18-34(19(3)36)12-9-22(26)14-20-8-11-33-17-20/h4-5,7,14-16,19,28-29,33,36H,8-13,17-18,32H2,1-3H3/b20-14+,21-5+. The Kier molecular flexibility index (Phi) is 8.60. The average Bonchev–Trinajstić information content (AvgIpc) is 3.53. The Hall–Kier alpha value is -2.54. The summed E-state index contributed by atoms with van der Waals surface area (Å²) < 4.78 is 28.5. The lowest BCUT2D eigenvalue weighted by Gasteiger charge is -2.38. The topological polar surface area (TPSA) is 64.8 Å². The highest BCUT2D eigenvalue weighted by atomic mass is 19.3. The molecule has 194 valence electrons. The molecule has 5 nitrogen and oxygen atoms in total. The second-order valence-corrected chi connectivity index (χ2v) is 9.73. The highest BCUT2D eigenvalue weighted by Crippen LogP contribution is 2.39. The number of nitrogens with two attached hydrogens (primary N) is 1. The second-order valence-electron chi connectivity index (χ2n) is 9.73. The van der Waals surface area contributed by atoms with E-state index in [2.05, 4.69) is 22.0 Å². The van der Waals surface area contributed by atoms with E-state index in [4.69, 9.17) is 5.73 Å². The molecule has 1 fully saturated rings. The molecule has 0 aromatic heterocycles. The van der Waals surface area contributed by atoms with Crippen LogP contribution >= 0.6 is 0 Å². The summed E-state index contributed by atoms with van der Waals surface area (Å²) in [7, 11) is 0. The van der Waals surface area contributed by atoms with Gasteiger partial charge in [0.15, 0.2) is 0 Å². The lowest BCUT2D eigenvalue weighted by molar-refractivity contribution is 0.0217. The molecule has 1 aromatic rings. The molecule has 0 radical (unpaired) electrons. The predicted molar refractivity (Wildman–Crippen MR) is 143 cm³/mol. The normalized spacial score (nSPS) is 21.7. The molecule has 0 amide bonds. The van der Waals surface area contributed by atoms with Gasteiger partial charge < -0.3 is 21.1 Å². The first-order valence-electron chi connectivity index (χ1n) is 12.9. The summed E-state index contributed by atoms with van der Waals surface area (Å²) >= 11 is 0. The molecule has 3 aliphatic heterocycles. The lowest BCUT2D eigenvalue weighted by atomic mass is 9.93. The van der Waals surface area contributed by atoms with Gasteiger partial charge in [0.2, 0.25) is 0 Å². The molecule has 3 heterocycles. The van der Waals surface area contributed by atoms with Crippen molar-refractivity contribution in [3.63, 3.8) is 0 Å². The first-order chi connectivity index (χ1) is 17.3. The molecular weight excluding hydrogens is 458 g/mol. The van der Waals surface area contributed by atoms with Gasteiger partial charge in [-0.15, -0.1) is 5.73 Å². The van der Waals surface area contributed by atoms with Crippen LogP contribution in [0.2, 0.25) is 0 Å². The van der Waals surface area contributed by atoms with E-state index in [1.807, 2.05) is 30.9 Å². The third-order valence-corrected chi connectivity index (χ3v) is 7.47. The van der Waals surface area contributed by atoms with Crippen LogP contribution in [-0.4, -0.2) is 55.1 Å². The molecule has 1 saturated heterocycles. The molecule has 1 aromatic carbocycles. The maximum Gasteiger partial charge on any atom is 0.264 e. The zero-order valence-electron chi connectivity index (χ0n) is 21.5. The van der Waals surface area contributed by atoms with Crippen LogP contribution in [0.15, 0.2) is 58.9 Å². The highest BCUT2D eigenvalue weighted by molar-refractivity contribution is 5.79. The number of alkyl halides is 2. The molecule has 2 unspecified atom stereocenters. The van der Waals surface area contributed by atoms with Gasteiger partial charge in [-0.05, 0) is 98.7 Å². The van der Waals surface area contributed by atoms with E-state index < -0.39 is 18.8 Å². The monoisotopic (exact) mass is 496 g/mol. The SMILES string of the molecule is CC=C=C/C(=C\C)c1cc2c(cc1C(F)F)N(C(N)C1=C(/C=C3\CCNC3)CCN(C(C)O)C1)CC2. The Bertz CT molecular complexity index is 1120. The van der Waals surface area contributed by atoms with E-state index in [9.17, 15) is 13.9 Å². The van der Waals surface area contributed by atoms with Crippen molar-refractivity contribution >= 4 is 11.3 Å². The first kappa shape index (κ1) is 26.5. The molecule has 4 N–H and O–H groups in total. The maximum absolute atomic E-state index is 14.3. The van der Waals surface area contributed by atoms with Gasteiger partial charge in [-0.1, -0.05) is 17.7 Å². The fourth-order valence-electron chi connectivity index (χ4n) is 5.42. The van der Waals surface area contributed by atoms with Crippen LogP contribution in [0.3, 0.4) is 0 Å². The van der Waals surface area contributed by atoms with Crippen molar-refractivity contribution in [1.29, 1.82) is 0 Å². The number of nitrogens with one attached hydrogen (secondary N) is 1. The maximum atomic E-state index is 14.3. The fourth-order valence-corrected chi connectivity index (χ4v) is 5.42. The van der Waals surface area contributed by atoms with Crippen molar-refractivity contribution in [2.24, 2.45) is 5.73 Å². The Labute approximate surface area is 213 Å². The van der Waals surface area contributed by atoms with E-state index in [-0.39, 0.29) is 5.56 Å². The van der Waals surface area contributed by atoms with E-state index >= 15 is 0 Å². The number of rotatable bonds is 7. The number of aliphatic hydroxyl groups is 1. The van der Waals surface area contributed by atoms with Gasteiger partial charge in [0.1, 0.15) is 12.4 Å². The van der Waals surface area contributed by atoms with E-state index in [0.29, 0.717) is 18.7 Å². The Morgan fingerprint density at radius 3 is 2.64 bits per heavy atom. The average molecular weight is 497 g/mol. The van der Waals surface area contributed by atoms with Crippen LogP contribution in [-0.2, 0) is 6.42 Å². The Morgan fingerprint density at radius 1 is 1.19 bits per heavy atom. The van der Waals surface area contributed by atoms with Gasteiger partial charge in [-0.25, -0.2) is 8.78 Å². The van der Waals surface area contributed by atoms with E-state index in [0.717, 1.165) is 61.3 Å². The highest BCUT2D eigenvalue weighted by Gasteiger charge is 2.33. The van der Waals surface area contributed by atoms with Crippen LogP contribution in [0.1, 0.15) is 56.7 Å². The van der Waals surface area contributed by atoms with Crippen molar-refractivity contribution in [1.82, 2.24) is 10.2 Å². The van der Waals surface area contributed by atoms with Crippen molar-refractivity contribution in [2.75, 3.05) is 37.6 Å². The van der Waals surface area contributed by atoms with Gasteiger partial charge >= 0.3 is 0 Å². The van der Waals surface area contributed by atoms with Crippen molar-refractivity contribution in [3.05, 3.63) is 75.6 Å². The number of halogens is 2. The van der Waals surface area contributed by atoms with E-state index in [1.54, 1.807) is 25.1 Å². The minimum Gasteiger partial charge on any atom is -0.379 e. The molecule has 0 aliphatic carbocycles. The zero-order chi connectivity index (χ0) is 25.8. The summed E-state index contributed by atoms with van der Waals surface area (Å²) in [5.74, 6) is 0. The number of aliphatic hydroxyl groups excluding tert-OH is 1. The van der Waals surface area contributed by atoms with Gasteiger partial charge in [0.05, 0.1) is 0 Å². The molecule has 36 heavy (non-hydrogen) atoms. The van der Waals surface area contributed by atoms with Gasteiger partial charge in [0, 0.05) is 37.4 Å². The minimum atomic E-state index is -2.60. The van der Waals surface area contributed by atoms with Gasteiger partial charge in [-0.2, -0.15) is 0 Å². The number of hydrogen-bond donors (Lipinski definition) is 3. The summed E-state index contributed by atoms with van der Waals surface area (Å²) in [4.78, 5) is 4.08. The summed E-state index contributed by atoms with van der Waals surface area (Å²) in [6, 6.07) is 3.53. The van der Waals surface area contributed by atoms with Crippen LogP contribution in [0.25, 0.3) is 5.57 Å². The Balaban J connectivity index is 1.73. The number of hydrogen-bond acceptors (Lipinski definition) is 5. The summed E-state index contributed by atoms with van der Waals surface area (Å²) in [6.45, 7) is 9.34. The van der Waals surface area contributed by atoms with Crippen molar-refractivity contribution in [2.45, 2.75) is 58.9 Å². The number of fused-ring (bicyclic) bond motifs is 1. The van der Waals surface area contributed by atoms with Crippen LogP contribution in [0.5, 0.6) is 0 Å². The number of allylic oxidation sites excluding steroid dienone is 4. The van der Waals surface area contributed by atoms with Crippen LogP contribution in [0.4, 0.5) is 14.5 Å². The summed E-state index contributed by atoms with van der Waals surface area (Å²) in [6.07, 6.45) is 6.58. The smallest absolute Gasteiger partial charge is 0.264 e. The van der Waals surface area contributed by atoms with Gasteiger partial charge in [0.25, 0.3) is 6.43 Å². The number of nitrogens with zero attached hydrogens (tertiary/aromatic N) is 2. The quantitative estimate of drug-likeness (QED) is 0.378. The first-order valence-corrected chi connectivity index (χ1v) is 12.9. The van der Waals surface area contributed by atoms with Crippen molar-refractivity contribution in [3.8, 4) is 0 Å². The van der Waals surface area contributed by atoms with E-state index in [1.165, 1.54) is 11.1 Å². The number of anilines is 1. The third-order valence-electron chi connectivity index (χ3n) is 7.47. The lowest BCUT2D eigenvalue weighted by Crippen LogP contribution is -2.49. The fraction of sp³-hybridized carbons (Fsp3) is 0.483. The molecule has 0 saturated carbocycles. The molecule has 3 aliphatic rings. The second kappa shape index (κ2) is 11.7. The summed E-state index contributed by atoms with van der Waals surface area (Å²) in [5.41, 5.74) is 16.7. The number of benzene rings is 1. The molecule has 2 atom stereocenters. The largest absolute Gasteiger partial charge is 0.379 e. The molecule has 0 bridgehead atoms. The third kappa shape index (κ3) is 5.56. The predicted octanol–water partition coefficient (Wildman–Crippen LogP) is 4.67. The summed E-state index contributed by atoms with van der Waals surface area (Å²) in [5, 5.41) is 13.6. The van der Waals surface area contributed by atoms with Gasteiger partial charge in [-0.3, -0.25) is 4.90 Å². The molecule has 4 rings (SSSR count). The van der Waals surface area contributed by atoms with Crippen LogP contribution in [0, 0.1) is 0 Å². The molecular formula is C29H38F2N4O. The zero-order valence-corrected chi connectivity index (χ0v) is 21.5. The van der Waals surface area contributed by atoms with Crippen LogP contribution < -0.4 is 16.0 Å².